The molecule has 194 valence electrons. The minimum Gasteiger partial charge on any atom is -0.376 e. The van der Waals surface area contributed by atoms with Crippen molar-refractivity contribution < 1.29 is 23.6 Å². The summed E-state index contributed by atoms with van der Waals surface area (Å²) in [6.07, 6.45) is 1.48. The van der Waals surface area contributed by atoms with E-state index in [2.05, 4.69) is 5.32 Å². The smallest absolute Gasteiger partial charge is 0.322 e. The maximum atomic E-state index is 13.5. The maximum Gasteiger partial charge on any atom is 0.322 e. The first kappa shape index (κ1) is 26.2. The van der Waals surface area contributed by atoms with Crippen molar-refractivity contribution in [1.82, 2.24) is 9.80 Å². The van der Waals surface area contributed by atoms with Crippen LogP contribution in [0.5, 0.6) is 0 Å². The van der Waals surface area contributed by atoms with Crippen LogP contribution in [0.25, 0.3) is 0 Å². The van der Waals surface area contributed by atoms with E-state index in [0.717, 1.165) is 23.3 Å². The maximum absolute atomic E-state index is 13.5. The van der Waals surface area contributed by atoms with Gasteiger partial charge in [-0.1, -0.05) is 18.2 Å². The Labute approximate surface area is 217 Å². The number of hydrogen-bond acceptors (Lipinski definition) is 6. The third kappa shape index (κ3) is 7.58. The van der Waals surface area contributed by atoms with Gasteiger partial charge in [0.25, 0.3) is 5.69 Å². The van der Waals surface area contributed by atoms with Crippen LogP contribution < -0.4 is 5.32 Å². The normalized spacial score (nSPS) is 14.8. The molecule has 1 saturated heterocycles. The molecule has 2 aromatic carbocycles. The van der Waals surface area contributed by atoms with Crippen molar-refractivity contribution in [3.8, 4) is 0 Å². The summed E-state index contributed by atoms with van der Waals surface area (Å²) in [6.45, 7) is 1.26. The fourth-order valence-corrected chi connectivity index (χ4v) is 4.74. The van der Waals surface area contributed by atoms with Crippen molar-refractivity contribution in [2.45, 2.75) is 32.0 Å². The number of thiophene rings is 1. The lowest BCUT2D eigenvalue weighted by Gasteiger charge is -2.29. The zero-order valence-electron chi connectivity index (χ0n) is 20.0. The summed E-state index contributed by atoms with van der Waals surface area (Å²) in [4.78, 5) is 41.2. The van der Waals surface area contributed by atoms with Crippen molar-refractivity contribution >= 4 is 34.6 Å². The first-order valence-electron chi connectivity index (χ1n) is 11.8. The van der Waals surface area contributed by atoms with Gasteiger partial charge in [0.05, 0.1) is 17.6 Å². The van der Waals surface area contributed by atoms with E-state index in [1.807, 2.05) is 17.5 Å². The fourth-order valence-electron chi connectivity index (χ4n) is 4.02. The number of ether oxygens (including phenoxy) is 1. The Morgan fingerprint density at radius 2 is 1.84 bits per heavy atom. The number of carbonyl (C=O) groups excluding carboxylic acids is 2. The monoisotopic (exact) mass is 526 g/mol. The molecule has 0 aliphatic carbocycles. The van der Waals surface area contributed by atoms with Crippen LogP contribution in [0.3, 0.4) is 0 Å². The van der Waals surface area contributed by atoms with Crippen LogP contribution in [-0.4, -0.2) is 52.5 Å². The van der Waals surface area contributed by atoms with Crippen molar-refractivity contribution in [1.29, 1.82) is 0 Å². The number of halogens is 1. The Kier molecular flexibility index (Phi) is 8.81. The molecule has 1 aliphatic rings. The molecule has 1 fully saturated rings. The lowest BCUT2D eigenvalue weighted by atomic mass is 10.2. The van der Waals surface area contributed by atoms with Crippen molar-refractivity contribution in [3.63, 3.8) is 0 Å². The summed E-state index contributed by atoms with van der Waals surface area (Å²) in [5, 5.41) is 15.6. The highest BCUT2D eigenvalue weighted by Crippen LogP contribution is 2.19. The number of nitro benzene ring substituents is 1. The molecular formula is C26H27FN4O5S. The second-order valence-corrected chi connectivity index (χ2v) is 9.74. The number of non-ortho nitro benzene ring substituents is 1. The summed E-state index contributed by atoms with van der Waals surface area (Å²) in [5.41, 5.74) is 1.06. The summed E-state index contributed by atoms with van der Waals surface area (Å²) in [5.74, 6) is -0.625. The number of nitro groups is 1. The number of urea groups is 1. The first-order chi connectivity index (χ1) is 17.9. The second kappa shape index (κ2) is 12.4. The van der Waals surface area contributed by atoms with Gasteiger partial charge in [0.1, 0.15) is 12.4 Å². The van der Waals surface area contributed by atoms with Crippen molar-refractivity contribution in [3.05, 3.63) is 92.4 Å². The molecule has 0 bridgehead atoms. The number of rotatable bonds is 10. The summed E-state index contributed by atoms with van der Waals surface area (Å²) in [7, 11) is 0. The van der Waals surface area contributed by atoms with E-state index in [1.54, 1.807) is 17.0 Å². The number of nitrogens with zero attached hydrogens (tertiary/aromatic N) is 3. The van der Waals surface area contributed by atoms with Crippen LogP contribution in [0.2, 0.25) is 0 Å². The zero-order valence-corrected chi connectivity index (χ0v) is 20.9. The minimum absolute atomic E-state index is 0.0885. The largest absolute Gasteiger partial charge is 0.376 e. The molecule has 1 N–H and O–H groups in total. The van der Waals surface area contributed by atoms with Gasteiger partial charge in [-0.3, -0.25) is 14.9 Å². The third-order valence-electron chi connectivity index (χ3n) is 5.96. The quantitative estimate of drug-likeness (QED) is 0.294. The molecule has 11 heteroatoms. The molecule has 1 atom stereocenters. The molecular weight excluding hydrogens is 499 g/mol. The number of anilines is 1. The van der Waals surface area contributed by atoms with Gasteiger partial charge >= 0.3 is 6.03 Å². The van der Waals surface area contributed by atoms with Gasteiger partial charge in [0, 0.05) is 42.4 Å². The van der Waals surface area contributed by atoms with Crippen LogP contribution >= 0.6 is 11.3 Å². The summed E-state index contributed by atoms with van der Waals surface area (Å²) < 4.78 is 19.1. The van der Waals surface area contributed by atoms with Crippen LogP contribution in [0.15, 0.2) is 66.0 Å². The predicted molar refractivity (Wildman–Crippen MR) is 138 cm³/mol. The summed E-state index contributed by atoms with van der Waals surface area (Å²) >= 11 is 1.52. The molecule has 0 saturated carbocycles. The number of carbonyl (C=O) groups is 2. The van der Waals surface area contributed by atoms with Crippen molar-refractivity contribution in [2.75, 3.05) is 25.0 Å². The highest BCUT2D eigenvalue weighted by Gasteiger charge is 2.27. The molecule has 37 heavy (non-hydrogen) atoms. The fraction of sp³-hybridized carbons (Fsp3) is 0.308. The first-order valence-corrected chi connectivity index (χ1v) is 12.7. The van der Waals surface area contributed by atoms with Crippen LogP contribution in [0, 0.1) is 15.9 Å². The van der Waals surface area contributed by atoms with E-state index in [4.69, 9.17) is 4.74 Å². The molecule has 1 aliphatic heterocycles. The Hall–Kier alpha value is -3.83. The highest BCUT2D eigenvalue weighted by molar-refractivity contribution is 7.09. The SMILES string of the molecule is O=C(CN(C[C@H]1CCCO1)C(=O)Nc1ccc([N+](=O)[O-])cc1)N(Cc1ccc(F)cc1)Cc1cccs1. The second-order valence-electron chi connectivity index (χ2n) is 8.71. The number of nitrogens with one attached hydrogen (secondary N) is 1. The lowest BCUT2D eigenvalue weighted by molar-refractivity contribution is -0.384. The third-order valence-corrected chi connectivity index (χ3v) is 6.82. The molecule has 0 unspecified atom stereocenters. The van der Waals surface area contributed by atoms with E-state index in [9.17, 15) is 24.1 Å². The molecule has 1 aromatic heterocycles. The lowest BCUT2D eigenvalue weighted by Crippen LogP contribution is -2.46. The Bertz CT molecular complexity index is 1200. The summed E-state index contributed by atoms with van der Waals surface area (Å²) in [6, 6.07) is 14.8. The van der Waals surface area contributed by atoms with Gasteiger partial charge in [-0.25, -0.2) is 9.18 Å². The van der Waals surface area contributed by atoms with Gasteiger partial charge in [-0.2, -0.15) is 0 Å². The average molecular weight is 527 g/mol. The zero-order chi connectivity index (χ0) is 26.2. The molecule has 0 spiro atoms. The Morgan fingerprint density at radius 3 is 2.46 bits per heavy atom. The predicted octanol–water partition coefficient (Wildman–Crippen LogP) is 5.04. The molecule has 0 radical (unpaired) electrons. The van der Waals surface area contributed by atoms with Crippen molar-refractivity contribution in [2.24, 2.45) is 0 Å². The minimum atomic E-state index is -0.517. The van der Waals surface area contributed by atoms with E-state index in [-0.39, 0.29) is 43.2 Å². The van der Waals surface area contributed by atoms with Crippen LogP contribution in [0.4, 0.5) is 20.6 Å². The van der Waals surface area contributed by atoms with Gasteiger partial charge < -0.3 is 19.9 Å². The van der Waals surface area contributed by atoms with Gasteiger partial charge in [0.15, 0.2) is 0 Å². The number of hydrogen-bond donors (Lipinski definition) is 1. The Balaban J connectivity index is 1.50. The van der Waals surface area contributed by atoms with Gasteiger partial charge in [-0.05, 0) is 54.1 Å². The molecule has 3 aromatic rings. The van der Waals surface area contributed by atoms with Crippen LogP contribution in [-0.2, 0) is 22.6 Å². The van der Waals surface area contributed by atoms with Gasteiger partial charge in [0.2, 0.25) is 5.91 Å². The molecule has 4 rings (SSSR count). The standard InChI is InChI=1S/C26H27FN4O5S/c27-20-7-5-19(6-8-20)15-29(17-24-4-2-14-37-24)25(32)18-30(16-23-3-1-13-36-23)26(33)28-21-9-11-22(12-10-21)31(34)35/h2,4-12,14,23H,1,3,13,15-18H2,(H,28,33)/t23-/m1/s1. The average Bonchev–Trinajstić information content (AvgIpc) is 3.59. The van der Waals surface area contributed by atoms with E-state index < -0.39 is 11.0 Å². The van der Waals surface area contributed by atoms with E-state index in [1.165, 1.54) is 52.6 Å². The number of benzene rings is 2. The van der Waals surface area contributed by atoms with E-state index >= 15 is 0 Å². The Morgan fingerprint density at radius 1 is 1.08 bits per heavy atom. The van der Waals surface area contributed by atoms with E-state index in [0.29, 0.717) is 18.8 Å². The van der Waals surface area contributed by atoms with Gasteiger partial charge in [-0.15, -0.1) is 11.3 Å². The molecule has 3 amide bonds. The van der Waals surface area contributed by atoms with Crippen LogP contribution in [0.1, 0.15) is 23.3 Å². The molecule has 2 heterocycles. The topological polar surface area (TPSA) is 105 Å². The molecule has 9 nitrogen and oxygen atoms in total. The number of amides is 3. The highest BCUT2D eigenvalue weighted by atomic mass is 32.1.